The highest BCUT2D eigenvalue weighted by molar-refractivity contribution is 6.03. The Bertz CT molecular complexity index is 1200. The molecule has 3 rings (SSSR count). The molecule has 0 aliphatic rings. The van der Waals surface area contributed by atoms with Gasteiger partial charge in [0.2, 0.25) is 0 Å². The van der Waals surface area contributed by atoms with Crippen molar-refractivity contribution in [3.63, 3.8) is 0 Å². The number of hydrogen-bond acceptors (Lipinski definition) is 4. The predicted octanol–water partition coefficient (Wildman–Crippen LogP) is 3.99. The minimum Gasteiger partial charge on any atom is -0.307 e. The topological polar surface area (TPSA) is 118 Å². The predicted molar refractivity (Wildman–Crippen MR) is 117 cm³/mol. The number of anilines is 1. The molecule has 0 saturated carbocycles. The largest absolute Gasteiger partial charge is 0.337 e. The van der Waals surface area contributed by atoms with Crippen molar-refractivity contribution in [3.05, 3.63) is 95.6 Å². The van der Waals surface area contributed by atoms with Crippen molar-refractivity contribution in [2.75, 3.05) is 5.32 Å². The third-order valence-corrected chi connectivity index (χ3v) is 4.23. The summed E-state index contributed by atoms with van der Waals surface area (Å²) in [7, 11) is 0. The summed E-state index contributed by atoms with van der Waals surface area (Å²) in [6.45, 7) is 0. The van der Waals surface area contributed by atoms with Gasteiger partial charge in [0.15, 0.2) is 0 Å². The molecule has 0 bridgehead atoms. The summed E-state index contributed by atoms with van der Waals surface area (Å²) in [5, 5.41) is 20.7. The Morgan fingerprint density at radius 2 is 1.52 bits per heavy atom. The molecule has 7 heteroatoms. The molecule has 0 spiro atoms. The number of urea groups is 1. The van der Waals surface area contributed by atoms with Crippen LogP contribution >= 0.6 is 0 Å². The SMILES string of the molecule is N#C/C(=C\c1ccc(-c2ccccc2)cc1)C(=O)NNC(=O)Nc1cccc(C#N)c1. The number of rotatable bonds is 4. The average Bonchev–Trinajstić information content (AvgIpc) is 2.82. The van der Waals surface area contributed by atoms with Gasteiger partial charge in [-0.15, -0.1) is 0 Å². The highest BCUT2D eigenvalue weighted by Crippen LogP contribution is 2.20. The van der Waals surface area contributed by atoms with Gasteiger partial charge in [-0.2, -0.15) is 10.5 Å². The van der Waals surface area contributed by atoms with Gasteiger partial charge in [-0.05, 0) is 41.0 Å². The van der Waals surface area contributed by atoms with Gasteiger partial charge in [0.25, 0.3) is 5.91 Å². The number of carbonyl (C=O) groups excluding carboxylic acids is 2. The first kappa shape index (κ1) is 20.8. The molecule has 150 valence electrons. The van der Waals surface area contributed by atoms with Gasteiger partial charge in [-0.1, -0.05) is 60.7 Å². The number of hydrogen-bond donors (Lipinski definition) is 3. The lowest BCUT2D eigenvalue weighted by Gasteiger charge is -2.09. The molecule has 0 aliphatic carbocycles. The lowest BCUT2D eigenvalue weighted by atomic mass is 10.0. The van der Waals surface area contributed by atoms with Crippen molar-refractivity contribution in [1.29, 1.82) is 10.5 Å². The molecule has 31 heavy (non-hydrogen) atoms. The second-order valence-corrected chi connectivity index (χ2v) is 6.38. The highest BCUT2D eigenvalue weighted by Gasteiger charge is 2.11. The van der Waals surface area contributed by atoms with Crippen LogP contribution in [0.4, 0.5) is 10.5 Å². The monoisotopic (exact) mass is 407 g/mol. The molecule has 3 aromatic rings. The maximum Gasteiger partial charge on any atom is 0.337 e. The van der Waals surface area contributed by atoms with E-state index in [0.29, 0.717) is 16.8 Å². The molecule has 0 aliphatic heterocycles. The minimum absolute atomic E-state index is 0.167. The maximum atomic E-state index is 12.2. The molecule has 0 fully saturated rings. The van der Waals surface area contributed by atoms with E-state index in [1.807, 2.05) is 54.6 Å². The van der Waals surface area contributed by atoms with Crippen LogP contribution in [0.5, 0.6) is 0 Å². The van der Waals surface area contributed by atoms with E-state index in [1.54, 1.807) is 30.3 Å². The quantitative estimate of drug-likeness (QED) is 0.344. The zero-order valence-corrected chi connectivity index (χ0v) is 16.3. The van der Waals surface area contributed by atoms with Crippen molar-refractivity contribution in [2.45, 2.75) is 0 Å². The number of benzene rings is 3. The molecule has 0 unspecified atom stereocenters. The summed E-state index contributed by atoms with van der Waals surface area (Å²) in [5.41, 5.74) is 7.71. The van der Waals surface area contributed by atoms with E-state index in [0.717, 1.165) is 11.1 Å². The molecule has 0 aromatic heterocycles. The zero-order valence-electron chi connectivity index (χ0n) is 16.3. The van der Waals surface area contributed by atoms with E-state index >= 15 is 0 Å². The summed E-state index contributed by atoms with van der Waals surface area (Å²) >= 11 is 0. The molecule has 0 radical (unpaired) electrons. The first-order valence-corrected chi connectivity index (χ1v) is 9.24. The lowest BCUT2D eigenvalue weighted by Crippen LogP contribution is -2.44. The van der Waals surface area contributed by atoms with Crippen LogP contribution in [0.2, 0.25) is 0 Å². The molecule has 0 heterocycles. The van der Waals surface area contributed by atoms with Crippen molar-refractivity contribution < 1.29 is 9.59 Å². The molecule has 3 N–H and O–H groups in total. The fourth-order valence-corrected chi connectivity index (χ4v) is 2.73. The van der Waals surface area contributed by atoms with Crippen LogP contribution in [0.25, 0.3) is 17.2 Å². The summed E-state index contributed by atoms with van der Waals surface area (Å²) in [5.74, 6) is -0.754. The molecular formula is C24H17N5O2. The van der Waals surface area contributed by atoms with Crippen LogP contribution in [0.3, 0.4) is 0 Å². The average molecular weight is 407 g/mol. The number of nitrogens with one attached hydrogen (secondary N) is 3. The molecule has 0 atom stereocenters. The molecule has 3 amide bonds. The Labute approximate surface area is 179 Å². The summed E-state index contributed by atoms with van der Waals surface area (Å²) < 4.78 is 0. The van der Waals surface area contributed by atoms with Crippen LogP contribution in [-0.4, -0.2) is 11.9 Å². The Kier molecular flexibility index (Phi) is 6.76. The second-order valence-electron chi connectivity index (χ2n) is 6.38. The van der Waals surface area contributed by atoms with Gasteiger partial charge in [0, 0.05) is 5.69 Å². The molecule has 3 aromatic carbocycles. The van der Waals surface area contributed by atoms with Crippen LogP contribution < -0.4 is 16.2 Å². The molecule has 7 nitrogen and oxygen atoms in total. The smallest absolute Gasteiger partial charge is 0.307 e. The summed E-state index contributed by atoms with van der Waals surface area (Å²) in [6.07, 6.45) is 1.43. The van der Waals surface area contributed by atoms with Gasteiger partial charge < -0.3 is 5.32 Å². The van der Waals surface area contributed by atoms with Crippen LogP contribution in [0.15, 0.2) is 84.4 Å². The van der Waals surface area contributed by atoms with Crippen molar-refractivity contribution in [1.82, 2.24) is 10.9 Å². The second kappa shape index (κ2) is 10.1. The van der Waals surface area contributed by atoms with Crippen LogP contribution in [0.1, 0.15) is 11.1 Å². The van der Waals surface area contributed by atoms with Crippen LogP contribution in [0, 0.1) is 22.7 Å². The van der Waals surface area contributed by atoms with E-state index < -0.39 is 11.9 Å². The lowest BCUT2D eigenvalue weighted by molar-refractivity contribution is -0.117. The number of hydrazine groups is 1. The van der Waals surface area contributed by atoms with Crippen molar-refractivity contribution >= 4 is 23.7 Å². The normalized spacial score (nSPS) is 10.3. The standard InChI is InChI=1S/C24H17N5O2/c25-15-18-5-4-8-22(14-18)27-24(31)29-28-23(30)21(16-26)13-17-9-11-20(12-10-17)19-6-2-1-3-7-19/h1-14H,(H,28,30)(H2,27,29,31)/b21-13+. The van der Waals surface area contributed by atoms with E-state index in [2.05, 4.69) is 16.2 Å². The third kappa shape index (κ3) is 5.80. The fourth-order valence-electron chi connectivity index (χ4n) is 2.73. The fraction of sp³-hybridized carbons (Fsp3) is 0. The number of nitriles is 2. The Hall–Kier alpha value is -4.88. The van der Waals surface area contributed by atoms with Gasteiger partial charge in [-0.25, -0.2) is 10.2 Å². The van der Waals surface area contributed by atoms with E-state index in [9.17, 15) is 14.9 Å². The third-order valence-electron chi connectivity index (χ3n) is 4.23. The number of amides is 3. The number of nitrogens with zero attached hydrogens (tertiary/aromatic N) is 2. The van der Waals surface area contributed by atoms with Gasteiger partial charge in [-0.3, -0.25) is 10.2 Å². The first-order chi connectivity index (χ1) is 15.1. The Balaban J connectivity index is 1.60. The van der Waals surface area contributed by atoms with Gasteiger partial charge >= 0.3 is 6.03 Å². The Morgan fingerprint density at radius 1 is 0.806 bits per heavy atom. The van der Waals surface area contributed by atoms with Crippen molar-refractivity contribution in [2.24, 2.45) is 0 Å². The zero-order chi connectivity index (χ0) is 22.1. The van der Waals surface area contributed by atoms with Gasteiger partial charge in [0.05, 0.1) is 11.6 Å². The molecule has 0 saturated heterocycles. The summed E-state index contributed by atoms with van der Waals surface area (Å²) in [6, 6.07) is 26.6. The van der Waals surface area contributed by atoms with Gasteiger partial charge in [0.1, 0.15) is 11.6 Å². The highest BCUT2D eigenvalue weighted by atomic mass is 16.2. The number of carbonyl (C=O) groups is 2. The van der Waals surface area contributed by atoms with E-state index in [4.69, 9.17) is 5.26 Å². The maximum absolute atomic E-state index is 12.2. The van der Waals surface area contributed by atoms with E-state index in [-0.39, 0.29) is 5.57 Å². The van der Waals surface area contributed by atoms with Crippen molar-refractivity contribution in [3.8, 4) is 23.3 Å². The summed E-state index contributed by atoms with van der Waals surface area (Å²) in [4.78, 5) is 24.2. The first-order valence-electron chi connectivity index (χ1n) is 9.24. The van der Waals surface area contributed by atoms with Crippen LogP contribution in [-0.2, 0) is 4.79 Å². The molecular weight excluding hydrogens is 390 g/mol. The Morgan fingerprint density at radius 3 is 2.19 bits per heavy atom. The van der Waals surface area contributed by atoms with E-state index in [1.165, 1.54) is 12.1 Å². The minimum atomic E-state index is -0.754.